The maximum atomic E-state index is 12.1. The summed E-state index contributed by atoms with van der Waals surface area (Å²) in [6, 6.07) is 7.97. The fourth-order valence-corrected chi connectivity index (χ4v) is 2.46. The third-order valence-electron chi connectivity index (χ3n) is 2.43. The third kappa shape index (κ3) is 3.65. The number of nitrogens with zero attached hydrogens (tertiary/aromatic N) is 2. The summed E-state index contributed by atoms with van der Waals surface area (Å²) in [5, 5.41) is 3.06. The van der Waals surface area contributed by atoms with Crippen LogP contribution in [0.5, 0.6) is 0 Å². The largest absolute Gasteiger partial charge is 0.384 e. The van der Waals surface area contributed by atoms with Crippen LogP contribution >= 0.6 is 0 Å². The van der Waals surface area contributed by atoms with E-state index in [-0.39, 0.29) is 10.8 Å². The molecule has 20 heavy (non-hydrogen) atoms. The number of hydrogen-bond acceptors (Lipinski definition) is 6. The van der Waals surface area contributed by atoms with E-state index < -0.39 is 10.0 Å². The van der Waals surface area contributed by atoms with Crippen molar-refractivity contribution in [3.8, 4) is 0 Å². The van der Waals surface area contributed by atoms with Gasteiger partial charge in [-0.3, -0.25) is 0 Å². The lowest BCUT2D eigenvalue weighted by Crippen LogP contribution is -2.15. The molecule has 1 aromatic heterocycles. The van der Waals surface area contributed by atoms with Crippen molar-refractivity contribution in [2.24, 2.45) is 5.73 Å². The van der Waals surface area contributed by atoms with Gasteiger partial charge >= 0.3 is 0 Å². The molecular formula is C12H15N5O2S. The van der Waals surface area contributed by atoms with Crippen LogP contribution in [-0.2, 0) is 10.0 Å². The van der Waals surface area contributed by atoms with Crippen molar-refractivity contribution in [2.75, 3.05) is 23.1 Å². The first-order valence-corrected chi connectivity index (χ1v) is 7.44. The molecule has 0 unspecified atom stereocenters. The molecule has 0 amide bonds. The minimum Gasteiger partial charge on any atom is -0.384 e. The second-order valence-electron chi connectivity index (χ2n) is 3.92. The van der Waals surface area contributed by atoms with Gasteiger partial charge in [0.2, 0.25) is 5.95 Å². The lowest BCUT2D eigenvalue weighted by atomic mass is 10.3. The zero-order valence-electron chi connectivity index (χ0n) is 10.7. The monoisotopic (exact) mass is 293 g/mol. The van der Waals surface area contributed by atoms with Crippen LogP contribution in [0.1, 0.15) is 0 Å². The second kappa shape index (κ2) is 6.31. The van der Waals surface area contributed by atoms with Crippen molar-refractivity contribution >= 4 is 21.7 Å². The van der Waals surface area contributed by atoms with E-state index in [1.54, 1.807) is 18.2 Å². The SMILES string of the molecule is NCCNc1ccc(S(=O)(=O)Nc2ncccn2)cc1. The molecule has 0 aliphatic heterocycles. The van der Waals surface area contributed by atoms with Gasteiger partial charge in [0.25, 0.3) is 10.0 Å². The maximum Gasteiger partial charge on any atom is 0.264 e. The standard InChI is InChI=1S/C12H15N5O2S/c13-6-9-14-10-2-4-11(5-3-10)20(18,19)17-12-15-7-1-8-16-12/h1-5,7-8,14H,6,9,13H2,(H,15,16,17). The highest BCUT2D eigenvalue weighted by atomic mass is 32.2. The zero-order chi connectivity index (χ0) is 14.4. The summed E-state index contributed by atoms with van der Waals surface area (Å²) in [4.78, 5) is 7.78. The lowest BCUT2D eigenvalue weighted by molar-refractivity contribution is 0.601. The molecule has 2 rings (SSSR count). The Morgan fingerprint density at radius 1 is 1.10 bits per heavy atom. The Morgan fingerprint density at radius 2 is 1.75 bits per heavy atom. The smallest absolute Gasteiger partial charge is 0.264 e. The zero-order valence-corrected chi connectivity index (χ0v) is 11.5. The second-order valence-corrected chi connectivity index (χ2v) is 5.60. The molecule has 0 aliphatic rings. The average Bonchev–Trinajstić information content (AvgIpc) is 2.46. The first-order valence-electron chi connectivity index (χ1n) is 5.96. The molecular weight excluding hydrogens is 278 g/mol. The number of aromatic nitrogens is 2. The molecule has 7 nitrogen and oxygen atoms in total. The molecule has 0 aliphatic carbocycles. The highest BCUT2D eigenvalue weighted by Gasteiger charge is 2.14. The van der Waals surface area contributed by atoms with Crippen molar-refractivity contribution in [3.05, 3.63) is 42.7 Å². The van der Waals surface area contributed by atoms with Crippen LogP contribution in [-0.4, -0.2) is 31.5 Å². The highest BCUT2D eigenvalue weighted by Crippen LogP contribution is 2.15. The molecule has 0 spiro atoms. The Hall–Kier alpha value is -2.19. The van der Waals surface area contributed by atoms with Crippen LogP contribution in [0.3, 0.4) is 0 Å². The first kappa shape index (κ1) is 14.2. The van der Waals surface area contributed by atoms with Gasteiger partial charge < -0.3 is 11.1 Å². The Morgan fingerprint density at radius 3 is 2.35 bits per heavy atom. The van der Waals surface area contributed by atoms with E-state index in [1.165, 1.54) is 24.5 Å². The Bertz CT molecular complexity index is 643. The van der Waals surface area contributed by atoms with Crippen LogP contribution in [0, 0.1) is 0 Å². The van der Waals surface area contributed by atoms with Gasteiger partial charge in [-0.1, -0.05) is 0 Å². The van der Waals surface area contributed by atoms with Crippen molar-refractivity contribution in [3.63, 3.8) is 0 Å². The lowest BCUT2D eigenvalue weighted by Gasteiger charge is -2.08. The highest BCUT2D eigenvalue weighted by molar-refractivity contribution is 7.92. The van der Waals surface area contributed by atoms with Crippen LogP contribution in [0.2, 0.25) is 0 Å². The van der Waals surface area contributed by atoms with E-state index in [9.17, 15) is 8.42 Å². The summed E-state index contributed by atoms with van der Waals surface area (Å²) in [5.74, 6) is 0.0397. The molecule has 0 radical (unpaired) electrons. The number of nitrogens with one attached hydrogen (secondary N) is 2. The van der Waals surface area contributed by atoms with E-state index in [0.29, 0.717) is 13.1 Å². The van der Waals surface area contributed by atoms with Gasteiger partial charge in [-0.15, -0.1) is 0 Å². The predicted molar refractivity (Wildman–Crippen MR) is 76.8 cm³/mol. The maximum absolute atomic E-state index is 12.1. The Kier molecular flexibility index (Phi) is 4.49. The van der Waals surface area contributed by atoms with Crippen LogP contribution < -0.4 is 15.8 Å². The van der Waals surface area contributed by atoms with Gasteiger partial charge in [0.1, 0.15) is 0 Å². The summed E-state index contributed by atoms with van der Waals surface area (Å²) in [7, 11) is -3.68. The summed E-state index contributed by atoms with van der Waals surface area (Å²) >= 11 is 0. The van der Waals surface area contributed by atoms with E-state index >= 15 is 0 Å². The van der Waals surface area contributed by atoms with Crippen molar-refractivity contribution < 1.29 is 8.42 Å². The van der Waals surface area contributed by atoms with Crippen molar-refractivity contribution in [1.29, 1.82) is 0 Å². The van der Waals surface area contributed by atoms with Crippen LogP contribution in [0.25, 0.3) is 0 Å². The van der Waals surface area contributed by atoms with Gasteiger partial charge in [-0.25, -0.2) is 23.1 Å². The molecule has 1 aromatic carbocycles. The van der Waals surface area contributed by atoms with Crippen LogP contribution in [0.15, 0.2) is 47.6 Å². The summed E-state index contributed by atoms with van der Waals surface area (Å²) in [6.45, 7) is 1.13. The Balaban J connectivity index is 2.13. The topological polar surface area (TPSA) is 110 Å². The van der Waals surface area contributed by atoms with Crippen LogP contribution in [0.4, 0.5) is 11.6 Å². The molecule has 0 fully saturated rings. The summed E-state index contributed by atoms with van der Waals surface area (Å²) in [5.41, 5.74) is 6.19. The fourth-order valence-electron chi connectivity index (χ4n) is 1.50. The third-order valence-corrected chi connectivity index (χ3v) is 3.77. The normalized spacial score (nSPS) is 11.1. The molecule has 0 bridgehead atoms. The van der Waals surface area contributed by atoms with Gasteiger partial charge in [0.15, 0.2) is 0 Å². The van der Waals surface area contributed by atoms with E-state index in [4.69, 9.17) is 5.73 Å². The van der Waals surface area contributed by atoms with Crippen molar-refractivity contribution in [2.45, 2.75) is 4.90 Å². The average molecular weight is 293 g/mol. The van der Waals surface area contributed by atoms with E-state index in [1.807, 2.05) is 0 Å². The summed E-state index contributed by atoms with van der Waals surface area (Å²) in [6.07, 6.45) is 2.93. The van der Waals surface area contributed by atoms with E-state index in [2.05, 4.69) is 20.0 Å². The number of benzene rings is 1. The van der Waals surface area contributed by atoms with Gasteiger partial charge in [0.05, 0.1) is 4.90 Å². The molecule has 4 N–H and O–H groups in total. The molecule has 106 valence electrons. The van der Waals surface area contributed by atoms with Gasteiger partial charge in [0, 0.05) is 31.2 Å². The molecule has 2 aromatic rings. The van der Waals surface area contributed by atoms with Crippen molar-refractivity contribution in [1.82, 2.24) is 9.97 Å². The minimum absolute atomic E-state index is 0.0397. The molecule has 0 saturated heterocycles. The fraction of sp³-hybridized carbons (Fsp3) is 0.167. The number of nitrogens with two attached hydrogens (primary N) is 1. The molecule has 8 heteroatoms. The number of rotatable bonds is 6. The van der Waals surface area contributed by atoms with Gasteiger partial charge in [-0.05, 0) is 30.3 Å². The predicted octanol–water partition coefficient (Wildman–Crippen LogP) is 0.648. The summed E-state index contributed by atoms with van der Waals surface area (Å²) < 4.78 is 26.5. The molecule has 0 atom stereocenters. The molecule has 0 saturated carbocycles. The quantitative estimate of drug-likeness (QED) is 0.721. The molecule has 1 heterocycles. The number of sulfonamides is 1. The number of hydrogen-bond donors (Lipinski definition) is 3. The minimum atomic E-state index is -3.68. The van der Waals surface area contributed by atoms with Gasteiger partial charge in [-0.2, -0.15) is 0 Å². The number of anilines is 2. The Labute approximate surface area is 117 Å². The first-order chi connectivity index (χ1) is 9.62. The van der Waals surface area contributed by atoms with E-state index in [0.717, 1.165) is 5.69 Å².